The number of hydrogen-bond acceptors (Lipinski definition) is 8. The van der Waals surface area contributed by atoms with Gasteiger partial charge in [0, 0.05) is 18.1 Å². The van der Waals surface area contributed by atoms with Gasteiger partial charge in [0.2, 0.25) is 5.78 Å². The molecule has 0 aromatic heterocycles. The van der Waals surface area contributed by atoms with E-state index in [4.69, 9.17) is 4.74 Å². The molecule has 0 saturated carbocycles. The van der Waals surface area contributed by atoms with Crippen molar-refractivity contribution in [2.75, 3.05) is 0 Å². The van der Waals surface area contributed by atoms with Gasteiger partial charge in [-0.1, -0.05) is 18.2 Å². The van der Waals surface area contributed by atoms with Crippen LogP contribution in [0.1, 0.15) is 33.2 Å². The number of ketones is 1. The predicted molar refractivity (Wildman–Crippen MR) is 104 cm³/mol. The summed E-state index contributed by atoms with van der Waals surface area (Å²) in [6.45, 7) is 0. The first kappa shape index (κ1) is 19.4. The Balaban J connectivity index is 1.73. The van der Waals surface area contributed by atoms with Gasteiger partial charge in [-0.15, -0.1) is 0 Å². The van der Waals surface area contributed by atoms with Crippen LogP contribution in [0.15, 0.2) is 48.5 Å². The summed E-state index contributed by atoms with van der Waals surface area (Å²) in [6.07, 6.45) is -2.82. The first-order chi connectivity index (χ1) is 14.3. The Labute approximate surface area is 170 Å². The van der Waals surface area contributed by atoms with Crippen LogP contribution < -0.4 is 4.74 Å². The smallest absolute Gasteiger partial charge is 0.202 e. The average molecular weight is 410 g/mol. The number of aliphatic hydroxyl groups is 1. The molecule has 2 atom stereocenters. The number of rotatable bonds is 3. The van der Waals surface area contributed by atoms with Gasteiger partial charge in [0.05, 0.1) is 0 Å². The van der Waals surface area contributed by atoms with Crippen molar-refractivity contribution >= 4 is 5.78 Å². The first-order valence-electron chi connectivity index (χ1n) is 9.02. The van der Waals surface area contributed by atoms with Crippen LogP contribution in [0.5, 0.6) is 34.5 Å². The van der Waals surface area contributed by atoms with Gasteiger partial charge in [-0.05, 0) is 35.4 Å². The fraction of sp³-hybridized carbons (Fsp3) is 0.136. The van der Waals surface area contributed by atoms with Gasteiger partial charge >= 0.3 is 0 Å². The van der Waals surface area contributed by atoms with Crippen LogP contribution in [-0.2, 0) is 6.42 Å². The lowest BCUT2D eigenvalue weighted by molar-refractivity contribution is 0.0209. The highest BCUT2D eigenvalue weighted by Gasteiger charge is 2.40. The minimum Gasteiger partial charge on any atom is -0.508 e. The van der Waals surface area contributed by atoms with E-state index in [1.165, 1.54) is 30.3 Å². The highest BCUT2D eigenvalue weighted by Crippen LogP contribution is 2.45. The fourth-order valence-corrected chi connectivity index (χ4v) is 3.45. The summed E-state index contributed by atoms with van der Waals surface area (Å²) < 4.78 is 5.66. The molecule has 8 nitrogen and oxygen atoms in total. The Morgan fingerprint density at radius 2 is 1.53 bits per heavy atom. The standard InChI is InChI=1S/C22H18O8/c23-12-4-1-10(2-5-12)7-13-15(25)9-17-18(19(13)27)20(28)21(29)22(30-17)11-3-6-14(24)16(26)8-11/h1-6,8-9,21-27,29H,7H2. The number of Topliss-reactive ketones (excluding diaryl/α,β-unsaturated/α-hetero) is 1. The lowest BCUT2D eigenvalue weighted by Gasteiger charge is -2.31. The monoisotopic (exact) mass is 410 g/mol. The molecule has 3 aromatic rings. The number of aromatic hydroxyl groups is 5. The van der Waals surface area contributed by atoms with Gasteiger partial charge in [-0.25, -0.2) is 0 Å². The molecule has 0 amide bonds. The van der Waals surface area contributed by atoms with E-state index < -0.39 is 29.5 Å². The maximum Gasteiger partial charge on any atom is 0.202 e. The van der Waals surface area contributed by atoms with E-state index >= 15 is 0 Å². The van der Waals surface area contributed by atoms with E-state index in [0.717, 1.165) is 6.07 Å². The molecule has 1 heterocycles. The maximum atomic E-state index is 12.8. The second-order valence-corrected chi connectivity index (χ2v) is 7.03. The van der Waals surface area contributed by atoms with Crippen LogP contribution >= 0.6 is 0 Å². The first-order valence-corrected chi connectivity index (χ1v) is 9.02. The molecule has 6 N–H and O–H groups in total. The van der Waals surface area contributed by atoms with E-state index in [2.05, 4.69) is 0 Å². The van der Waals surface area contributed by atoms with Gasteiger partial charge in [-0.2, -0.15) is 0 Å². The summed E-state index contributed by atoms with van der Waals surface area (Å²) in [5.41, 5.74) is 0.710. The number of aliphatic hydroxyl groups excluding tert-OH is 1. The lowest BCUT2D eigenvalue weighted by atomic mass is 9.90. The lowest BCUT2D eigenvalue weighted by Crippen LogP contribution is -2.36. The molecule has 0 spiro atoms. The van der Waals surface area contributed by atoms with Crippen molar-refractivity contribution in [3.8, 4) is 34.5 Å². The number of carbonyl (C=O) groups is 1. The third kappa shape index (κ3) is 3.23. The number of phenols is 5. The van der Waals surface area contributed by atoms with Gasteiger partial charge in [-0.3, -0.25) is 4.79 Å². The zero-order valence-corrected chi connectivity index (χ0v) is 15.5. The summed E-state index contributed by atoms with van der Waals surface area (Å²) >= 11 is 0. The quantitative estimate of drug-likeness (QED) is 0.361. The van der Waals surface area contributed by atoms with Crippen molar-refractivity contribution in [2.45, 2.75) is 18.6 Å². The normalized spacial score (nSPS) is 18.0. The van der Waals surface area contributed by atoms with Gasteiger partial charge in [0.25, 0.3) is 0 Å². The minimum absolute atomic E-state index is 0.0654. The third-order valence-corrected chi connectivity index (χ3v) is 5.05. The molecule has 154 valence electrons. The van der Waals surface area contributed by atoms with Crippen molar-refractivity contribution in [3.63, 3.8) is 0 Å². The molecule has 1 aliphatic heterocycles. The van der Waals surface area contributed by atoms with Crippen LogP contribution in [0.3, 0.4) is 0 Å². The van der Waals surface area contributed by atoms with Crippen molar-refractivity contribution < 1.29 is 40.2 Å². The van der Waals surface area contributed by atoms with Gasteiger partial charge in [0.1, 0.15) is 28.6 Å². The molecule has 0 bridgehead atoms. The Bertz CT molecular complexity index is 1140. The zero-order valence-electron chi connectivity index (χ0n) is 15.5. The van der Waals surface area contributed by atoms with Crippen molar-refractivity contribution in [1.29, 1.82) is 0 Å². The Kier molecular flexibility index (Phi) is 4.63. The zero-order chi connectivity index (χ0) is 21.6. The number of fused-ring (bicyclic) bond motifs is 1. The summed E-state index contributed by atoms with van der Waals surface area (Å²) in [4.78, 5) is 12.8. The van der Waals surface area contributed by atoms with Crippen LogP contribution in [0.4, 0.5) is 0 Å². The largest absolute Gasteiger partial charge is 0.508 e. The molecule has 8 heteroatoms. The molecule has 0 fully saturated rings. The molecule has 4 rings (SSSR count). The molecule has 0 radical (unpaired) electrons. The second kappa shape index (κ2) is 7.16. The molecular formula is C22H18O8. The predicted octanol–water partition coefficient (Wildman–Crippen LogP) is 2.48. The second-order valence-electron chi connectivity index (χ2n) is 7.03. The maximum absolute atomic E-state index is 12.8. The van der Waals surface area contributed by atoms with Crippen molar-refractivity contribution in [2.24, 2.45) is 0 Å². The van der Waals surface area contributed by atoms with E-state index in [1.54, 1.807) is 12.1 Å². The highest BCUT2D eigenvalue weighted by atomic mass is 16.5. The van der Waals surface area contributed by atoms with Crippen molar-refractivity contribution in [3.05, 3.63) is 70.8 Å². The van der Waals surface area contributed by atoms with Gasteiger partial charge in [0.15, 0.2) is 23.7 Å². The summed E-state index contributed by atoms with van der Waals surface area (Å²) in [5, 5.41) is 60.1. The average Bonchev–Trinajstić information content (AvgIpc) is 2.71. The Morgan fingerprint density at radius 1 is 0.833 bits per heavy atom. The minimum atomic E-state index is -1.68. The molecule has 0 aliphatic carbocycles. The third-order valence-electron chi connectivity index (χ3n) is 5.05. The molecule has 1 aliphatic rings. The Hall–Kier alpha value is -3.91. The van der Waals surface area contributed by atoms with E-state index in [9.17, 15) is 35.4 Å². The Morgan fingerprint density at radius 3 is 2.20 bits per heavy atom. The SMILES string of the molecule is O=C1c2c(cc(O)c(Cc3ccc(O)cc3)c2O)OC(c2ccc(O)c(O)c2)C1O. The van der Waals surface area contributed by atoms with E-state index in [1.807, 2.05) is 0 Å². The number of phenolic OH excluding ortho intramolecular Hbond substituents is 5. The number of carbonyl (C=O) groups excluding carboxylic acids is 1. The number of hydrogen-bond donors (Lipinski definition) is 6. The number of ether oxygens (including phenoxy) is 1. The van der Waals surface area contributed by atoms with Gasteiger partial charge < -0.3 is 35.4 Å². The van der Waals surface area contributed by atoms with Crippen LogP contribution in [0, 0.1) is 0 Å². The summed E-state index contributed by atoms with van der Waals surface area (Å²) in [7, 11) is 0. The molecule has 0 saturated heterocycles. The topological polar surface area (TPSA) is 148 Å². The highest BCUT2D eigenvalue weighted by molar-refractivity contribution is 6.06. The van der Waals surface area contributed by atoms with E-state index in [0.29, 0.717) is 5.56 Å². The van der Waals surface area contributed by atoms with Crippen LogP contribution in [0.2, 0.25) is 0 Å². The number of benzene rings is 3. The summed E-state index contributed by atoms with van der Waals surface area (Å²) in [6, 6.07) is 11.0. The molecule has 3 aromatic carbocycles. The molecular weight excluding hydrogens is 392 g/mol. The van der Waals surface area contributed by atoms with Crippen LogP contribution in [-0.4, -0.2) is 42.5 Å². The summed E-state index contributed by atoms with van der Waals surface area (Å²) in [5.74, 6) is -2.49. The molecule has 30 heavy (non-hydrogen) atoms. The van der Waals surface area contributed by atoms with Crippen LogP contribution in [0.25, 0.3) is 0 Å². The molecule has 2 unspecified atom stereocenters. The van der Waals surface area contributed by atoms with Crippen molar-refractivity contribution in [1.82, 2.24) is 0 Å². The van der Waals surface area contributed by atoms with E-state index in [-0.39, 0.29) is 46.1 Å². The fourth-order valence-electron chi connectivity index (χ4n) is 3.45.